The molecule has 0 unspecified atom stereocenters. The van der Waals surface area contributed by atoms with E-state index in [1.54, 1.807) is 0 Å². The van der Waals surface area contributed by atoms with Crippen LogP contribution in [0, 0.1) is 0 Å². The molecule has 1 aromatic carbocycles. The Labute approximate surface area is 105 Å². The molecule has 0 spiro atoms. The fraction of sp³-hybridized carbons (Fsp3) is 0.231. The second-order valence-electron chi connectivity index (χ2n) is 3.90. The molecule has 3 N–H and O–H groups in total. The molecule has 1 amide bonds. The zero-order valence-electron chi connectivity index (χ0n) is 10.1. The molecule has 2 aromatic rings. The topological polar surface area (TPSA) is 74.2 Å². The average Bonchev–Trinajstić information content (AvgIpc) is 2.35. The highest BCUT2D eigenvalue weighted by Crippen LogP contribution is 2.23. The van der Waals surface area contributed by atoms with Gasteiger partial charge in [-0.2, -0.15) is 0 Å². The predicted octanol–water partition coefficient (Wildman–Crippen LogP) is 1.60. The quantitative estimate of drug-likeness (QED) is 0.764. The number of aliphatic hydroxyl groups is 1. The highest BCUT2D eigenvalue weighted by Gasteiger charge is 2.04. The van der Waals surface area contributed by atoms with Crippen molar-refractivity contribution in [2.45, 2.75) is 6.92 Å². The second-order valence-corrected chi connectivity index (χ2v) is 3.90. The van der Waals surface area contributed by atoms with Crippen LogP contribution in [0.2, 0.25) is 0 Å². The standard InChI is InChI=1S/C13H15N3O2/c1-9(18)15-11-3-2-4-12-10(11)5-6-13(16-12)14-7-8-17/h2-6,17H,7-8H2,1H3,(H,14,16)(H,15,18). The van der Waals surface area contributed by atoms with Gasteiger partial charge >= 0.3 is 0 Å². The number of benzene rings is 1. The van der Waals surface area contributed by atoms with Crippen LogP contribution in [0.4, 0.5) is 11.5 Å². The number of hydrogen-bond acceptors (Lipinski definition) is 4. The summed E-state index contributed by atoms with van der Waals surface area (Å²) in [4.78, 5) is 15.5. The van der Waals surface area contributed by atoms with Crippen molar-refractivity contribution in [2.75, 3.05) is 23.8 Å². The molecule has 18 heavy (non-hydrogen) atoms. The van der Waals surface area contributed by atoms with Crippen LogP contribution in [0.25, 0.3) is 10.9 Å². The van der Waals surface area contributed by atoms with E-state index in [9.17, 15) is 4.79 Å². The fourth-order valence-electron chi connectivity index (χ4n) is 1.74. The summed E-state index contributed by atoms with van der Waals surface area (Å²) in [5.74, 6) is 0.599. The molecule has 0 saturated heterocycles. The molecule has 0 bridgehead atoms. The number of aliphatic hydroxyl groups excluding tert-OH is 1. The lowest BCUT2D eigenvalue weighted by molar-refractivity contribution is -0.114. The van der Waals surface area contributed by atoms with Crippen molar-refractivity contribution in [2.24, 2.45) is 0 Å². The molecule has 0 aliphatic heterocycles. The van der Waals surface area contributed by atoms with Gasteiger partial charge in [0, 0.05) is 18.9 Å². The van der Waals surface area contributed by atoms with Gasteiger partial charge in [0.1, 0.15) is 5.82 Å². The first-order valence-electron chi connectivity index (χ1n) is 5.73. The number of nitrogens with one attached hydrogen (secondary N) is 2. The maximum Gasteiger partial charge on any atom is 0.221 e. The maximum atomic E-state index is 11.1. The summed E-state index contributed by atoms with van der Waals surface area (Å²) < 4.78 is 0. The normalized spacial score (nSPS) is 10.3. The minimum Gasteiger partial charge on any atom is -0.395 e. The summed E-state index contributed by atoms with van der Waals surface area (Å²) in [6.45, 7) is 2.00. The molecule has 0 atom stereocenters. The molecule has 1 heterocycles. The highest BCUT2D eigenvalue weighted by molar-refractivity contribution is 6.00. The lowest BCUT2D eigenvalue weighted by Crippen LogP contribution is -2.08. The number of nitrogens with zero attached hydrogens (tertiary/aromatic N) is 1. The van der Waals surface area contributed by atoms with Gasteiger partial charge in [0.15, 0.2) is 0 Å². The van der Waals surface area contributed by atoms with Crippen molar-refractivity contribution >= 4 is 28.3 Å². The largest absolute Gasteiger partial charge is 0.395 e. The van der Waals surface area contributed by atoms with Crippen LogP contribution in [0.1, 0.15) is 6.92 Å². The van der Waals surface area contributed by atoms with Crippen molar-refractivity contribution in [3.8, 4) is 0 Å². The smallest absolute Gasteiger partial charge is 0.221 e. The molecule has 0 aliphatic rings. The molecular weight excluding hydrogens is 230 g/mol. The van der Waals surface area contributed by atoms with E-state index >= 15 is 0 Å². The third-order valence-electron chi connectivity index (χ3n) is 2.46. The average molecular weight is 245 g/mol. The second kappa shape index (κ2) is 5.46. The van der Waals surface area contributed by atoms with E-state index in [0.717, 1.165) is 16.6 Å². The Bertz CT molecular complexity index is 569. The maximum absolute atomic E-state index is 11.1. The van der Waals surface area contributed by atoms with E-state index in [1.807, 2.05) is 30.3 Å². The predicted molar refractivity (Wildman–Crippen MR) is 71.6 cm³/mol. The van der Waals surface area contributed by atoms with Crippen LogP contribution >= 0.6 is 0 Å². The third-order valence-corrected chi connectivity index (χ3v) is 2.46. The van der Waals surface area contributed by atoms with Crippen LogP contribution in [-0.4, -0.2) is 29.1 Å². The van der Waals surface area contributed by atoms with Gasteiger partial charge in [-0.05, 0) is 24.3 Å². The van der Waals surface area contributed by atoms with Crippen LogP contribution in [-0.2, 0) is 4.79 Å². The van der Waals surface area contributed by atoms with Crippen molar-refractivity contribution < 1.29 is 9.90 Å². The summed E-state index contributed by atoms with van der Waals surface area (Å²) >= 11 is 0. The molecule has 2 rings (SSSR count). The minimum absolute atomic E-state index is 0.0612. The molecule has 5 heteroatoms. The third kappa shape index (κ3) is 2.75. The summed E-state index contributed by atoms with van der Waals surface area (Å²) in [6.07, 6.45) is 0. The molecule has 5 nitrogen and oxygen atoms in total. The number of pyridine rings is 1. The van der Waals surface area contributed by atoms with E-state index in [1.165, 1.54) is 6.92 Å². The Morgan fingerprint density at radius 3 is 2.89 bits per heavy atom. The zero-order valence-corrected chi connectivity index (χ0v) is 10.1. The number of hydrogen-bond donors (Lipinski definition) is 3. The van der Waals surface area contributed by atoms with Crippen molar-refractivity contribution in [3.63, 3.8) is 0 Å². The van der Waals surface area contributed by atoms with Gasteiger partial charge in [-0.1, -0.05) is 6.07 Å². The summed E-state index contributed by atoms with van der Waals surface area (Å²) in [5.41, 5.74) is 1.55. The Morgan fingerprint density at radius 1 is 1.33 bits per heavy atom. The number of rotatable bonds is 4. The van der Waals surface area contributed by atoms with Gasteiger partial charge in [0.05, 0.1) is 17.8 Å². The van der Waals surface area contributed by atoms with Crippen LogP contribution in [0.3, 0.4) is 0 Å². The number of fused-ring (bicyclic) bond motifs is 1. The first kappa shape index (κ1) is 12.3. The van der Waals surface area contributed by atoms with Crippen molar-refractivity contribution in [1.82, 2.24) is 4.98 Å². The van der Waals surface area contributed by atoms with E-state index in [2.05, 4.69) is 15.6 Å². The molecule has 1 aromatic heterocycles. The van der Waals surface area contributed by atoms with Gasteiger partial charge in [-0.15, -0.1) is 0 Å². The van der Waals surface area contributed by atoms with Crippen molar-refractivity contribution in [3.05, 3.63) is 30.3 Å². The highest BCUT2D eigenvalue weighted by atomic mass is 16.3. The molecular formula is C13H15N3O2. The van der Waals surface area contributed by atoms with Gasteiger partial charge < -0.3 is 15.7 Å². The Kier molecular flexibility index (Phi) is 3.74. The lowest BCUT2D eigenvalue weighted by Gasteiger charge is -2.08. The van der Waals surface area contributed by atoms with E-state index in [-0.39, 0.29) is 12.5 Å². The van der Waals surface area contributed by atoms with Gasteiger partial charge in [0.2, 0.25) is 5.91 Å². The summed E-state index contributed by atoms with van der Waals surface area (Å²) in [6, 6.07) is 9.28. The zero-order chi connectivity index (χ0) is 13.0. The minimum atomic E-state index is -0.106. The van der Waals surface area contributed by atoms with E-state index in [4.69, 9.17) is 5.11 Å². The molecule has 0 saturated carbocycles. The fourth-order valence-corrected chi connectivity index (χ4v) is 1.74. The number of carbonyl (C=O) groups is 1. The monoisotopic (exact) mass is 245 g/mol. The lowest BCUT2D eigenvalue weighted by atomic mass is 10.2. The molecule has 0 fully saturated rings. The van der Waals surface area contributed by atoms with Gasteiger partial charge in [0.25, 0.3) is 0 Å². The number of aromatic nitrogens is 1. The SMILES string of the molecule is CC(=O)Nc1cccc2nc(NCCO)ccc12. The number of anilines is 2. The summed E-state index contributed by atoms with van der Waals surface area (Å²) in [5, 5.41) is 15.4. The Balaban J connectivity index is 2.36. The van der Waals surface area contributed by atoms with Gasteiger partial charge in [-0.25, -0.2) is 4.98 Å². The molecule has 0 aliphatic carbocycles. The number of amides is 1. The first-order chi connectivity index (χ1) is 8.70. The number of carbonyl (C=O) groups excluding carboxylic acids is 1. The summed E-state index contributed by atoms with van der Waals surface area (Å²) in [7, 11) is 0. The molecule has 0 radical (unpaired) electrons. The molecule has 94 valence electrons. The van der Waals surface area contributed by atoms with Crippen LogP contribution in [0.15, 0.2) is 30.3 Å². The van der Waals surface area contributed by atoms with Crippen LogP contribution in [0.5, 0.6) is 0 Å². The Hall–Kier alpha value is -2.14. The van der Waals surface area contributed by atoms with Gasteiger partial charge in [-0.3, -0.25) is 4.79 Å². The van der Waals surface area contributed by atoms with Crippen molar-refractivity contribution in [1.29, 1.82) is 0 Å². The van der Waals surface area contributed by atoms with Crippen LogP contribution < -0.4 is 10.6 Å². The van der Waals surface area contributed by atoms with E-state index in [0.29, 0.717) is 12.4 Å². The Morgan fingerprint density at radius 2 is 2.17 bits per heavy atom. The van der Waals surface area contributed by atoms with E-state index < -0.39 is 0 Å². The first-order valence-corrected chi connectivity index (χ1v) is 5.73.